The van der Waals surface area contributed by atoms with Crippen molar-refractivity contribution in [3.63, 3.8) is 0 Å². The van der Waals surface area contributed by atoms with Crippen LogP contribution in [0.15, 0.2) is 24.3 Å². The first-order valence-corrected chi connectivity index (χ1v) is 10.5. The van der Waals surface area contributed by atoms with Crippen LogP contribution in [0.25, 0.3) is 0 Å². The van der Waals surface area contributed by atoms with Gasteiger partial charge in [0, 0.05) is 0 Å². The lowest BCUT2D eigenvalue weighted by atomic mass is 9.78. The predicted octanol–water partition coefficient (Wildman–Crippen LogP) is 3.72. The van der Waals surface area contributed by atoms with Crippen LogP contribution in [0.1, 0.15) is 50.6 Å². The van der Waals surface area contributed by atoms with Gasteiger partial charge in [-0.15, -0.1) is 0 Å². The number of nitrogens with one attached hydrogen (secondary N) is 1. The first kappa shape index (κ1) is 25.5. The minimum absolute atomic E-state index is 0.137. The van der Waals surface area contributed by atoms with Crippen molar-refractivity contribution in [1.29, 1.82) is 0 Å². The smallest absolute Gasteiger partial charge is 0.422 e. The van der Waals surface area contributed by atoms with E-state index in [9.17, 15) is 27.6 Å². The second kappa shape index (κ2) is 11.7. The van der Waals surface area contributed by atoms with E-state index in [1.165, 1.54) is 7.11 Å². The number of halogens is 3. The van der Waals surface area contributed by atoms with E-state index in [-0.39, 0.29) is 19.4 Å². The van der Waals surface area contributed by atoms with Gasteiger partial charge in [0.15, 0.2) is 6.61 Å². The predicted molar refractivity (Wildman–Crippen MR) is 108 cm³/mol. The number of rotatable bonds is 9. The topological polar surface area (TPSA) is 90.9 Å². The molecule has 3 atom stereocenters. The fourth-order valence-corrected chi connectivity index (χ4v) is 3.74. The first-order chi connectivity index (χ1) is 15.1. The van der Waals surface area contributed by atoms with Crippen molar-refractivity contribution < 1.29 is 41.8 Å². The van der Waals surface area contributed by atoms with Gasteiger partial charge in [-0.3, -0.25) is 14.4 Å². The summed E-state index contributed by atoms with van der Waals surface area (Å²) in [7, 11) is 1.51. The Morgan fingerprint density at radius 3 is 2.25 bits per heavy atom. The van der Waals surface area contributed by atoms with Gasteiger partial charge < -0.3 is 19.5 Å². The van der Waals surface area contributed by atoms with Crippen LogP contribution in [-0.4, -0.2) is 44.3 Å². The Balaban J connectivity index is 2.15. The van der Waals surface area contributed by atoms with Gasteiger partial charge in [-0.1, -0.05) is 25.0 Å². The van der Waals surface area contributed by atoms with Crippen molar-refractivity contribution in [2.75, 3.05) is 20.3 Å². The van der Waals surface area contributed by atoms with Crippen molar-refractivity contribution >= 4 is 17.8 Å². The third kappa shape index (κ3) is 7.72. The van der Waals surface area contributed by atoms with Crippen molar-refractivity contribution in [3.8, 4) is 5.75 Å². The van der Waals surface area contributed by atoms with Crippen LogP contribution in [0.2, 0.25) is 0 Å². The van der Waals surface area contributed by atoms with Crippen LogP contribution >= 0.6 is 0 Å². The molecule has 2 rings (SSSR count). The van der Waals surface area contributed by atoms with Crippen LogP contribution in [0.5, 0.6) is 5.75 Å². The fourth-order valence-electron chi connectivity index (χ4n) is 3.74. The Kier molecular flexibility index (Phi) is 9.34. The average molecular weight is 459 g/mol. The number of carbonyl (C=O) groups excluding carboxylic acids is 3. The Bertz CT molecular complexity index is 781. The average Bonchev–Trinajstić information content (AvgIpc) is 2.76. The van der Waals surface area contributed by atoms with Crippen LogP contribution in [0.3, 0.4) is 0 Å². The third-order valence-electron chi connectivity index (χ3n) is 5.29. The maximum Gasteiger partial charge on any atom is 0.422 e. The van der Waals surface area contributed by atoms with E-state index in [0.717, 1.165) is 0 Å². The molecule has 1 aromatic carbocycles. The van der Waals surface area contributed by atoms with Crippen LogP contribution in [-0.2, 0) is 23.9 Å². The zero-order chi connectivity index (χ0) is 23.7. The van der Waals surface area contributed by atoms with Crippen LogP contribution in [0.4, 0.5) is 13.2 Å². The zero-order valence-corrected chi connectivity index (χ0v) is 18.1. The molecule has 1 aliphatic carbocycles. The molecule has 1 N–H and O–H groups in total. The van der Waals surface area contributed by atoms with E-state index < -0.39 is 48.5 Å². The van der Waals surface area contributed by atoms with Gasteiger partial charge >= 0.3 is 18.1 Å². The summed E-state index contributed by atoms with van der Waals surface area (Å²) in [6, 6.07) is 6.01. The number of alkyl halides is 3. The van der Waals surface area contributed by atoms with Crippen LogP contribution in [0, 0.1) is 11.8 Å². The third-order valence-corrected chi connectivity index (χ3v) is 5.29. The lowest BCUT2D eigenvalue weighted by molar-refractivity contribution is -0.191. The molecule has 0 unspecified atom stereocenters. The summed E-state index contributed by atoms with van der Waals surface area (Å²) in [5, 5.41) is 2.78. The number of amides is 1. The number of methoxy groups -OCH3 is 1. The molecule has 178 valence electrons. The molecule has 0 aliphatic heterocycles. The zero-order valence-electron chi connectivity index (χ0n) is 18.1. The molecule has 1 fully saturated rings. The molecule has 32 heavy (non-hydrogen) atoms. The molecular weight excluding hydrogens is 431 g/mol. The van der Waals surface area contributed by atoms with Gasteiger partial charge in [0.2, 0.25) is 5.91 Å². The molecule has 7 nitrogen and oxygen atoms in total. The second-order valence-corrected chi connectivity index (χ2v) is 7.56. The maximum atomic E-state index is 13.0. The van der Waals surface area contributed by atoms with E-state index in [2.05, 4.69) is 10.1 Å². The summed E-state index contributed by atoms with van der Waals surface area (Å²) in [6.45, 7) is 0.157. The SMILES string of the molecule is CCOC(=O)C[C@@H](NC(=O)[C@H]1CCCC[C@@H]1C(=O)OCC(F)(F)F)c1ccc(OC)cc1. The minimum Gasteiger partial charge on any atom is -0.497 e. The van der Waals surface area contributed by atoms with Gasteiger partial charge in [-0.25, -0.2) is 0 Å². The molecule has 1 amide bonds. The van der Waals surface area contributed by atoms with Gasteiger partial charge in [0.1, 0.15) is 5.75 Å². The molecule has 1 aliphatic rings. The van der Waals surface area contributed by atoms with Gasteiger partial charge in [0.05, 0.1) is 38.0 Å². The molecule has 0 spiro atoms. The molecule has 0 aromatic heterocycles. The highest BCUT2D eigenvalue weighted by Gasteiger charge is 2.39. The number of carbonyl (C=O) groups is 3. The minimum atomic E-state index is -4.64. The van der Waals surface area contributed by atoms with Crippen molar-refractivity contribution in [1.82, 2.24) is 5.32 Å². The monoisotopic (exact) mass is 459 g/mol. The quantitative estimate of drug-likeness (QED) is 0.566. The van der Waals surface area contributed by atoms with Gasteiger partial charge in [-0.05, 0) is 37.5 Å². The Hall–Kier alpha value is -2.78. The summed E-state index contributed by atoms with van der Waals surface area (Å²) in [5.74, 6) is -3.27. The number of benzene rings is 1. The first-order valence-electron chi connectivity index (χ1n) is 10.5. The molecule has 1 saturated carbocycles. The highest BCUT2D eigenvalue weighted by atomic mass is 19.4. The molecule has 10 heteroatoms. The molecule has 1 aromatic rings. The number of hydrogen-bond acceptors (Lipinski definition) is 6. The maximum absolute atomic E-state index is 13.0. The number of esters is 2. The number of ether oxygens (including phenoxy) is 3. The lowest BCUT2D eigenvalue weighted by Gasteiger charge is -2.30. The van der Waals surface area contributed by atoms with Crippen molar-refractivity contribution in [3.05, 3.63) is 29.8 Å². The van der Waals surface area contributed by atoms with E-state index in [0.29, 0.717) is 30.6 Å². The fraction of sp³-hybridized carbons (Fsp3) is 0.591. The van der Waals surface area contributed by atoms with E-state index in [1.807, 2.05) is 0 Å². The second-order valence-electron chi connectivity index (χ2n) is 7.56. The van der Waals surface area contributed by atoms with Crippen LogP contribution < -0.4 is 10.1 Å². The Morgan fingerprint density at radius 1 is 1.06 bits per heavy atom. The van der Waals surface area contributed by atoms with Gasteiger partial charge in [0.25, 0.3) is 0 Å². The van der Waals surface area contributed by atoms with Crippen molar-refractivity contribution in [2.24, 2.45) is 11.8 Å². The number of hydrogen-bond donors (Lipinski definition) is 1. The summed E-state index contributed by atoms with van der Waals surface area (Å²) < 4.78 is 51.8. The lowest BCUT2D eigenvalue weighted by Crippen LogP contribution is -2.42. The molecule has 0 radical (unpaired) electrons. The van der Waals surface area contributed by atoms with E-state index in [1.54, 1.807) is 31.2 Å². The highest BCUT2D eigenvalue weighted by Crippen LogP contribution is 2.33. The van der Waals surface area contributed by atoms with Gasteiger partial charge in [-0.2, -0.15) is 13.2 Å². The summed E-state index contributed by atoms with van der Waals surface area (Å²) in [6.07, 6.45) is -2.90. The highest BCUT2D eigenvalue weighted by molar-refractivity contribution is 5.86. The largest absolute Gasteiger partial charge is 0.497 e. The standard InChI is InChI=1S/C22H28F3NO6/c1-3-31-19(27)12-18(14-8-10-15(30-2)11-9-14)26-20(28)16-6-4-5-7-17(16)21(29)32-13-22(23,24)25/h8-11,16-18H,3-7,12-13H2,1-2H3,(H,26,28)/t16-,17-,18+/m0/s1. The Labute approximate surface area is 184 Å². The van der Waals surface area contributed by atoms with E-state index in [4.69, 9.17) is 9.47 Å². The van der Waals surface area contributed by atoms with E-state index >= 15 is 0 Å². The Morgan fingerprint density at radius 2 is 1.69 bits per heavy atom. The molecular formula is C22H28F3NO6. The summed E-state index contributed by atoms with van der Waals surface area (Å²) in [5.41, 5.74) is 0.624. The summed E-state index contributed by atoms with van der Waals surface area (Å²) >= 11 is 0. The van der Waals surface area contributed by atoms with Crippen molar-refractivity contribution in [2.45, 2.75) is 51.2 Å². The summed E-state index contributed by atoms with van der Waals surface area (Å²) in [4.78, 5) is 37.4. The molecule has 0 heterocycles. The molecule has 0 saturated heterocycles. The normalized spacial score (nSPS) is 19.5. The molecule has 0 bridgehead atoms.